The van der Waals surface area contributed by atoms with E-state index in [1.807, 2.05) is 0 Å². The maximum absolute atomic E-state index is 9.83. The highest BCUT2D eigenvalue weighted by Gasteiger charge is 2.12. The van der Waals surface area contributed by atoms with Gasteiger partial charge in [0.05, 0.1) is 0 Å². The number of aliphatic hydroxyl groups excluding tert-OH is 2. The largest absolute Gasteiger partial charge is 0.497 e. The van der Waals surface area contributed by atoms with Gasteiger partial charge in [0.25, 0.3) is 5.76 Å². The van der Waals surface area contributed by atoms with Crippen molar-refractivity contribution in [3.63, 3.8) is 0 Å². The normalized spacial score (nSPS) is 12.1. The third-order valence-corrected chi connectivity index (χ3v) is 0.625. The monoisotopic (exact) mass is 149 g/mol. The lowest BCUT2D eigenvalue weighted by Crippen LogP contribution is -2.10. The first-order valence-electron chi connectivity index (χ1n) is 2.28. The van der Waals surface area contributed by atoms with E-state index in [0.29, 0.717) is 0 Å². The molecule has 0 saturated carbocycles. The van der Waals surface area contributed by atoms with Gasteiger partial charge in [0.15, 0.2) is 0 Å². The Bertz CT molecular complexity index is 163. The van der Waals surface area contributed by atoms with Crippen LogP contribution >= 0.6 is 0 Å². The van der Waals surface area contributed by atoms with Crippen LogP contribution in [0, 0.1) is 0 Å². The summed E-state index contributed by atoms with van der Waals surface area (Å²) in [5.74, 6) is -4.02. The highest BCUT2D eigenvalue weighted by Crippen LogP contribution is 1.97. The third kappa shape index (κ3) is 2.23. The molecule has 0 aromatic carbocycles. The van der Waals surface area contributed by atoms with E-state index in [0.717, 1.165) is 0 Å². The second-order valence-electron chi connectivity index (χ2n) is 1.27. The molecule has 0 atom stereocenters. The van der Waals surface area contributed by atoms with Crippen LogP contribution in [0.25, 0.3) is 0 Å². The molecule has 0 spiro atoms. The molecule has 0 bridgehead atoms. The molecule has 6 heteroatoms. The Morgan fingerprint density at radius 3 is 2.20 bits per heavy atom. The van der Waals surface area contributed by atoms with Crippen LogP contribution < -0.4 is 5.73 Å². The minimum absolute atomic E-state index is 0.400. The molecule has 0 unspecified atom stereocenters. The number of carboxylic acid groups (broad SMARTS) is 1. The number of carbonyl (C=O) groups is 1. The summed E-state index contributed by atoms with van der Waals surface area (Å²) in [6.45, 7) is -0.400. The van der Waals surface area contributed by atoms with Crippen molar-refractivity contribution < 1.29 is 24.9 Å². The van der Waals surface area contributed by atoms with Crippen molar-refractivity contribution in [2.24, 2.45) is 5.73 Å². The molecule has 6 nitrogen and oxygen atoms in total. The molecule has 0 amide bonds. The van der Waals surface area contributed by atoms with Gasteiger partial charge in [0.2, 0.25) is 0 Å². The number of aliphatic carboxylic acids is 1. The summed E-state index contributed by atoms with van der Waals surface area (Å²) in [5, 5.41) is 24.8. The molecule has 10 heavy (non-hydrogen) atoms. The average Bonchev–Trinajstić information content (AvgIpc) is 1.87. The number of rotatable bonds is 3. The van der Waals surface area contributed by atoms with Crippen LogP contribution in [0.3, 0.4) is 0 Å². The zero-order chi connectivity index (χ0) is 8.15. The fraction of sp³-hybridized carbons (Fsp3) is 0.250. The van der Waals surface area contributed by atoms with Crippen molar-refractivity contribution in [1.29, 1.82) is 0 Å². The molecule has 0 fully saturated rings. The molecular formula is C4H7NO5. The lowest BCUT2D eigenvalue weighted by atomic mass is 10.5. The number of hydrogen-bond acceptors (Lipinski definition) is 5. The van der Waals surface area contributed by atoms with Gasteiger partial charge in [-0.05, 0) is 0 Å². The van der Waals surface area contributed by atoms with Crippen LogP contribution in [0.15, 0.2) is 11.7 Å². The SMILES string of the molecule is NCOC(O)=C(O)C(=O)O. The Morgan fingerprint density at radius 1 is 1.40 bits per heavy atom. The van der Waals surface area contributed by atoms with Crippen molar-refractivity contribution in [1.82, 2.24) is 0 Å². The number of aliphatic hydroxyl groups is 2. The highest BCUT2D eigenvalue weighted by atomic mass is 16.6. The van der Waals surface area contributed by atoms with E-state index in [1.165, 1.54) is 0 Å². The van der Waals surface area contributed by atoms with E-state index < -0.39 is 24.4 Å². The van der Waals surface area contributed by atoms with Gasteiger partial charge in [0, 0.05) is 0 Å². The number of hydrogen-bond donors (Lipinski definition) is 4. The smallest absolute Gasteiger partial charge is 0.378 e. The molecule has 5 N–H and O–H groups in total. The van der Waals surface area contributed by atoms with Gasteiger partial charge in [-0.1, -0.05) is 0 Å². The molecule has 0 rings (SSSR count). The van der Waals surface area contributed by atoms with Gasteiger partial charge in [-0.2, -0.15) is 0 Å². The van der Waals surface area contributed by atoms with Crippen LogP contribution in [0.1, 0.15) is 0 Å². The quantitative estimate of drug-likeness (QED) is 0.239. The second-order valence-corrected chi connectivity index (χ2v) is 1.27. The topological polar surface area (TPSA) is 113 Å². The number of carboxylic acids is 1. The van der Waals surface area contributed by atoms with E-state index in [9.17, 15) is 4.79 Å². The van der Waals surface area contributed by atoms with Gasteiger partial charge in [-0.15, -0.1) is 0 Å². The van der Waals surface area contributed by atoms with Crippen molar-refractivity contribution in [3.05, 3.63) is 11.7 Å². The fourth-order valence-electron chi connectivity index (χ4n) is 0.239. The maximum atomic E-state index is 9.83. The Labute approximate surface area is 56.1 Å². The highest BCUT2D eigenvalue weighted by molar-refractivity contribution is 5.83. The predicted octanol–water partition coefficient (Wildman–Crippen LogP) is -0.711. The van der Waals surface area contributed by atoms with Crippen LogP contribution in [0.2, 0.25) is 0 Å². The van der Waals surface area contributed by atoms with Crippen molar-refractivity contribution in [2.75, 3.05) is 6.73 Å². The van der Waals surface area contributed by atoms with Crippen molar-refractivity contribution in [3.8, 4) is 0 Å². The molecule has 0 aromatic rings. The number of nitrogens with two attached hydrogens (primary N) is 1. The zero-order valence-corrected chi connectivity index (χ0v) is 4.94. The molecule has 0 radical (unpaired) electrons. The first-order valence-corrected chi connectivity index (χ1v) is 2.28. The first-order chi connectivity index (χ1) is 4.59. The Morgan fingerprint density at radius 2 is 1.90 bits per heavy atom. The molecule has 0 aliphatic heterocycles. The Balaban J connectivity index is 4.19. The maximum Gasteiger partial charge on any atom is 0.378 e. The summed E-state index contributed by atoms with van der Waals surface area (Å²) in [4.78, 5) is 9.83. The molecule has 0 heterocycles. The molecular weight excluding hydrogens is 142 g/mol. The Kier molecular flexibility index (Phi) is 3.06. The molecule has 0 aliphatic carbocycles. The molecule has 0 aliphatic rings. The fourth-order valence-corrected chi connectivity index (χ4v) is 0.239. The van der Waals surface area contributed by atoms with Gasteiger partial charge >= 0.3 is 11.9 Å². The van der Waals surface area contributed by atoms with E-state index >= 15 is 0 Å². The van der Waals surface area contributed by atoms with E-state index in [-0.39, 0.29) is 0 Å². The molecule has 58 valence electrons. The minimum Gasteiger partial charge on any atom is -0.497 e. The first kappa shape index (κ1) is 8.57. The third-order valence-electron chi connectivity index (χ3n) is 0.625. The molecule has 0 saturated heterocycles. The second kappa shape index (κ2) is 3.57. The van der Waals surface area contributed by atoms with E-state index in [1.54, 1.807) is 0 Å². The van der Waals surface area contributed by atoms with Crippen LogP contribution in [0.4, 0.5) is 0 Å². The van der Waals surface area contributed by atoms with E-state index in [2.05, 4.69) is 4.74 Å². The Hall–Kier alpha value is -1.43. The zero-order valence-electron chi connectivity index (χ0n) is 4.94. The summed E-state index contributed by atoms with van der Waals surface area (Å²) >= 11 is 0. The summed E-state index contributed by atoms with van der Waals surface area (Å²) in [6.07, 6.45) is 0. The van der Waals surface area contributed by atoms with Gasteiger partial charge < -0.3 is 20.1 Å². The minimum atomic E-state index is -1.68. The molecule has 0 aromatic heterocycles. The van der Waals surface area contributed by atoms with Crippen LogP contribution in [-0.4, -0.2) is 28.0 Å². The predicted molar refractivity (Wildman–Crippen MR) is 30.1 cm³/mol. The van der Waals surface area contributed by atoms with Gasteiger partial charge in [-0.25, -0.2) is 4.79 Å². The van der Waals surface area contributed by atoms with Crippen LogP contribution in [-0.2, 0) is 9.53 Å². The van der Waals surface area contributed by atoms with Crippen molar-refractivity contribution >= 4 is 5.97 Å². The summed E-state index contributed by atoms with van der Waals surface area (Å²) < 4.78 is 4.05. The lowest BCUT2D eigenvalue weighted by molar-refractivity contribution is -0.136. The lowest BCUT2D eigenvalue weighted by Gasteiger charge is -1.99. The summed E-state index contributed by atoms with van der Waals surface area (Å²) in [7, 11) is 0. The van der Waals surface area contributed by atoms with Gasteiger partial charge in [0.1, 0.15) is 6.73 Å². The number of ether oxygens (including phenoxy) is 1. The summed E-state index contributed by atoms with van der Waals surface area (Å²) in [6, 6.07) is 0. The van der Waals surface area contributed by atoms with Crippen molar-refractivity contribution in [2.45, 2.75) is 0 Å². The van der Waals surface area contributed by atoms with Crippen LogP contribution in [0.5, 0.6) is 0 Å². The van der Waals surface area contributed by atoms with Gasteiger partial charge in [-0.3, -0.25) is 5.73 Å². The van der Waals surface area contributed by atoms with E-state index in [4.69, 9.17) is 21.1 Å². The average molecular weight is 149 g/mol. The summed E-state index contributed by atoms with van der Waals surface area (Å²) in [5.41, 5.74) is 4.75. The standard InChI is InChI=1S/C4H7NO5/c5-1-10-4(9)2(6)3(7)8/h6,9H,1,5H2,(H,7,8).